The van der Waals surface area contributed by atoms with Crippen LogP contribution in [0.25, 0.3) is 6.08 Å². The first kappa shape index (κ1) is 18.7. The third kappa shape index (κ3) is 4.27. The van der Waals surface area contributed by atoms with E-state index in [1.807, 2.05) is 0 Å². The van der Waals surface area contributed by atoms with Crippen LogP contribution in [0, 0.1) is 0 Å². The van der Waals surface area contributed by atoms with Crippen molar-refractivity contribution in [3.63, 3.8) is 0 Å². The molecule has 1 aromatic carbocycles. The van der Waals surface area contributed by atoms with Gasteiger partial charge in [-0.1, -0.05) is 6.07 Å². The normalized spacial score (nSPS) is 29.5. The second-order valence-electron chi connectivity index (χ2n) is 5.93. The van der Waals surface area contributed by atoms with Gasteiger partial charge in [-0.2, -0.15) is 0 Å². The first-order valence-electron chi connectivity index (χ1n) is 7.41. The summed E-state index contributed by atoms with van der Waals surface area (Å²) in [5.74, 6) is -2.58. The van der Waals surface area contributed by atoms with Crippen LogP contribution in [0.4, 0.5) is 5.69 Å². The molecule has 0 aromatic heterocycles. The second-order valence-corrected chi connectivity index (χ2v) is 5.93. The number of ether oxygens (including phenoxy) is 1. The van der Waals surface area contributed by atoms with E-state index < -0.39 is 48.7 Å². The van der Waals surface area contributed by atoms with Crippen molar-refractivity contribution in [3.05, 3.63) is 29.8 Å². The van der Waals surface area contributed by atoms with Gasteiger partial charge >= 0.3 is 11.9 Å². The van der Waals surface area contributed by atoms with Crippen molar-refractivity contribution in [2.24, 2.45) is 0 Å². The number of benzene rings is 1. The van der Waals surface area contributed by atoms with Gasteiger partial charge in [0.1, 0.15) is 18.0 Å². The van der Waals surface area contributed by atoms with Crippen LogP contribution in [0.5, 0.6) is 5.75 Å². The van der Waals surface area contributed by atoms with Gasteiger partial charge in [-0.05, 0) is 23.8 Å². The predicted molar refractivity (Wildman–Crippen MR) is 85.3 cm³/mol. The van der Waals surface area contributed by atoms with Crippen LogP contribution in [-0.2, 0) is 14.3 Å². The van der Waals surface area contributed by atoms with Crippen LogP contribution < -0.4 is 5.73 Å². The van der Waals surface area contributed by atoms with Crippen LogP contribution >= 0.6 is 0 Å². The molecule has 0 unspecified atom stereocenters. The summed E-state index contributed by atoms with van der Waals surface area (Å²) in [4.78, 5) is 23.0. The van der Waals surface area contributed by atoms with E-state index in [1.165, 1.54) is 24.3 Å². The number of phenolic OH excluding ortho intramolecular Hbond substituents is 1. The second kappa shape index (κ2) is 7.09. The van der Waals surface area contributed by atoms with Crippen molar-refractivity contribution in [2.75, 3.05) is 5.73 Å². The number of esters is 1. The number of aliphatic hydroxyl groups excluding tert-OH is 2. The molecule has 0 amide bonds. The number of rotatable bonds is 4. The van der Waals surface area contributed by atoms with Crippen molar-refractivity contribution >= 4 is 23.7 Å². The fourth-order valence-corrected chi connectivity index (χ4v) is 2.57. The maximum absolute atomic E-state index is 11.9. The van der Waals surface area contributed by atoms with Crippen LogP contribution in [0.1, 0.15) is 18.4 Å². The molecule has 9 nitrogen and oxygen atoms in total. The van der Waals surface area contributed by atoms with Crippen LogP contribution in [0.15, 0.2) is 24.3 Å². The van der Waals surface area contributed by atoms with E-state index in [1.54, 1.807) is 0 Å². The van der Waals surface area contributed by atoms with Gasteiger partial charge in [0, 0.05) is 18.9 Å². The molecule has 0 spiro atoms. The van der Waals surface area contributed by atoms with Gasteiger partial charge in [0.25, 0.3) is 0 Å². The van der Waals surface area contributed by atoms with Crippen LogP contribution in [0.3, 0.4) is 0 Å². The molecule has 0 saturated heterocycles. The van der Waals surface area contributed by atoms with Crippen molar-refractivity contribution in [2.45, 2.75) is 36.8 Å². The van der Waals surface area contributed by atoms with E-state index >= 15 is 0 Å². The molecular formula is C16H19NO8. The van der Waals surface area contributed by atoms with Crippen molar-refractivity contribution in [3.8, 4) is 5.75 Å². The quantitative estimate of drug-likeness (QED) is 0.176. The summed E-state index contributed by atoms with van der Waals surface area (Å²) in [6.45, 7) is 0. The number of aromatic hydroxyl groups is 1. The molecule has 1 aliphatic rings. The summed E-state index contributed by atoms with van der Waals surface area (Å²) in [5, 5.41) is 47.9. The zero-order valence-corrected chi connectivity index (χ0v) is 13.1. The number of hydrogen-bond donors (Lipinski definition) is 6. The fourth-order valence-electron chi connectivity index (χ4n) is 2.57. The molecule has 0 radical (unpaired) electrons. The molecule has 1 aliphatic carbocycles. The zero-order valence-electron chi connectivity index (χ0n) is 13.1. The topological polar surface area (TPSA) is 171 Å². The molecule has 7 N–H and O–H groups in total. The van der Waals surface area contributed by atoms with Gasteiger partial charge in [-0.3, -0.25) is 0 Å². The molecule has 0 heterocycles. The van der Waals surface area contributed by atoms with Gasteiger partial charge in [-0.25, -0.2) is 9.59 Å². The highest BCUT2D eigenvalue weighted by Crippen LogP contribution is 2.31. The Bertz CT molecular complexity index is 703. The lowest BCUT2D eigenvalue weighted by Gasteiger charge is -2.39. The van der Waals surface area contributed by atoms with E-state index in [4.69, 9.17) is 15.6 Å². The summed E-state index contributed by atoms with van der Waals surface area (Å²) in [7, 11) is 0. The fraction of sp³-hybridized carbons (Fsp3) is 0.375. The molecule has 1 fully saturated rings. The number of carboxylic acid groups (broad SMARTS) is 1. The maximum atomic E-state index is 11.9. The highest BCUT2D eigenvalue weighted by molar-refractivity contribution is 5.87. The summed E-state index contributed by atoms with van der Waals surface area (Å²) in [6.07, 6.45) is -3.21. The molecule has 25 heavy (non-hydrogen) atoms. The van der Waals surface area contributed by atoms with E-state index in [-0.39, 0.29) is 11.4 Å². The van der Waals surface area contributed by atoms with Gasteiger partial charge in [-0.15, -0.1) is 0 Å². The van der Waals surface area contributed by atoms with Crippen molar-refractivity contribution in [1.82, 2.24) is 0 Å². The number of nitrogen functional groups attached to an aromatic ring is 1. The number of aliphatic carboxylic acids is 1. The average Bonchev–Trinajstić information content (AvgIpc) is 2.53. The number of carboxylic acids is 1. The van der Waals surface area contributed by atoms with Crippen LogP contribution in [-0.4, -0.2) is 61.4 Å². The number of carbonyl (C=O) groups is 2. The van der Waals surface area contributed by atoms with Gasteiger partial charge in [0.15, 0.2) is 5.60 Å². The number of phenols is 1. The Hall–Kier alpha value is -2.62. The predicted octanol–water partition coefficient (Wildman–Crippen LogP) is -0.769. The van der Waals surface area contributed by atoms with Gasteiger partial charge in [0.2, 0.25) is 0 Å². The molecule has 4 atom stereocenters. The number of carbonyl (C=O) groups excluding carboxylic acids is 1. The minimum absolute atomic E-state index is 0.105. The zero-order chi connectivity index (χ0) is 18.8. The highest BCUT2D eigenvalue weighted by Gasteiger charge is 2.50. The summed E-state index contributed by atoms with van der Waals surface area (Å²) >= 11 is 0. The third-order valence-corrected chi connectivity index (χ3v) is 3.99. The SMILES string of the molecule is Nc1cc(/C=C/C(=O)O[C@@H]2C[C@](O)(C(=O)O)C[C@@H](O)[C@H]2O)ccc1O. The van der Waals surface area contributed by atoms with E-state index in [0.717, 1.165) is 6.08 Å². The number of nitrogens with two attached hydrogens (primary N) is 1. The Balaban J connectivity index is 2.06. The maximum Gasteiger partial charge on any atom is 0.335 e. The van der Waals surface area contributed by atoms with E-state index in [2.05, 4.69) is 0 Å². The molecule has 0 aliphatic heterocycles. The van der Waals surface area contributed by atoms with Gasteiger partial charge in [0.05, 0.1) is 11.8 Å². The molecule has 1 aromatic rings. The molecule has 9 heteroatoms. The summed E-state index contributed by atoms with van der Waals surface area (Å²) < 4.78 is 4.96. The Kier molecular flexibility index (Phi) is 5.31. The third-order valence-electron chi connectivity index (χ3n) is 3.99. The Labute approximate surface area is 142 Å². The Morgan fingerprint density at radius 3 is 2.56 bits per heavy atom. The largest absolute Gasteiger partial charge is 0.506 e. The van der Waals surface area contributed by atoms with Gasteiger partial charge < -0.3 is 36.0 Å². The highest BCUT2D eigenvalue weighted by atomic mass is 16.6. The summed E-state index contributed by atoms with van der Waals surface area (Å²) in [6, 6.07) is 4.26. The number of hydrogen-bond acceptors (Lipinski definition) is 8. The van der Waals surface area contributed by atoms with Crippen molar-refractivity contribution in [1.29, 1.82) is 0 Å². The molecule has 0 bridgehead atoms. The first-order valence-corrected chi connectivity index (χ1v) is 7.41. The Morgan fingerprint density at radius 2 is 1.96 bits per heavy atom. The van der Waals surface area contributed by atoms with Crippen LogP contribution in [0.2, 0.25) is 0 Å². The Morgan fingerprint density at radius 1 is 1.28 bits per heavy atom. The smallest absolute Gasteiger partial charge is 0.335 e. The molecule has 1 saturated carbocycles. The average molecular weight is 353 g/mol. The molecule has 2 rings (SSSR count). The standard InChI is InChI=1S/C16H19NO8/c17-9-5-8(1-3-10(9)18)2-4-13(20)25-12-7-16(24,15(22)23)6-11(19)14(12)21/h1-5,11-12,14,18-19,21,24H,6-7,17H2,(H,22,23)/b4-2+/t11-,12-,14-,16+/m1/s1. The van der Waals surface area contributed by atoms with Crippen molar-refractivity contribution < 1.29 is 39.9 Å². The lowest BCUT2D eigenvalue weighted by Crippen LogP contribution is -2.57. The number of anilines is 1. The number of aliphatic hydroxyl groups is 3. The van der Waals surface area contributed by atoms with E-state index in [9.17, 15) is 30.0 Å². The minimum Gasteiger partial charge on any atom is -0.506 e. The minimum atomic E-state index is -2.29. The van der Waals surface area contributed by atoms with E-state index in [0.29, 0.717) is 5.56 Å². The lowest BCUT2D eigenvalue weighted by molar-refractivity contribution is -0.196. The monoisotopic (exact) mass is 353 g/mol. The molecular weight excluding hydrogens is 334 g/mol. The lowest BCUT2D eigenvalue weighted by atomic mass is 9.79. The summed E-state index contributed by atoms with van der Waals surface area (Å²) in [5.41, 5.74) is 3.85. The molecule has 136 valence electrons. The first-order chi connectivity index (χ1) is 11.6.